The summed E-state index contributed by atoms with van der Waals surface area (Å²) >= 11 is 1.22. The number of benzene rings is 1. The molecule has 1 N–H and O–H groups in total. The molecule has 0 amide bonds. The summed E-state index contributed by atoms with van der Waals surface area (Å²) in [5.74, 6) is 0.0899. The van der Waals surface area contributed by atoms with Gasteiger partial charge in [-0.25, -0.2) is 9.37 Å². The molecule has 9 heteroatoms. The number of halogens is 1. The Morgan fingerprint density at radius 3 is 2.97 bits per heavy atom. The number of aromatic nitrogens is 4. The average molecular weight is 415 g/mol. The Morgan fingerprint density at radius 2 is 2.21 bits per heavy atom. The van der Waals surface area contributed by atoms with Crippen LogP contribution in [0.5, 0.6) is 10.9 Å². The Morgan fingerprint density at radius 1 is 1.34 bits per heavy atom. The number of nitrogens with zero attached hydrogens (tertiary/aromatic N) is 5. The number of alkyl halides is 1. The molecular formula is C20H22FN5O2S. The third-order valence-corrected chi connectivity index (χ3v) is 7.21. The van der Waals surface area contributed by atoms with Gasteiger partial charge >= 0.3 is 0 Å². The fourth-order valence-corrected chi connectivity index (χ4v) is 5.30. The standard InChI is InChI=1S/C20H22FN5O2S/c1-20-6-5-14(25(20)2)17(21)16(10-20)28-19-24-23-18(29-19)13-4-3-12(9-15(13)27)26-8-7-22-11-26/h3-4,7-9,11,14,16-17,27H,5-6,10H2,1-2H3/t14?,16-,17-,20-/m0/s1. The molecule has 0 aliphatic carbocycles. The number of phenolic OH excluding ortho intramolecular Hbond substituents is 1. The summed E-state index contributed by atoms with van der Waals surface area (Å²) < 4.78 is 22.7. The van der Waals surface area contributed by atoms with Crippen LogP contribution in [0, 0.1) is 0 Å². The van der Waals surface area contributed by atoms with Gasteiger partial charge in [0.05, 0.1) is 17.6 Å². The molecule has 2 fully saturated rings. The van der Waals surface area contributed by atoms with Crippen molar-refractivity contribution in [1.29, 1.82) is 0 Å². The number of hydrogen-bond acceptors (Lipinski definition) is 7. The molecule has 0 radical (unpaired) electrons. The number of piperidine rings is 1. The van der Waals surface area contributed by atoms with Crippen LogP contribution in [-0.4, -0.2) is 60.7 Å². The van der Waals surface area contributed by atoms with Crippen LogP contribution in [0.25, 0.3) is 16.3 Å². The quantitative estimate of drug-likeness (QED) is 0.704. The first-order valence-electron chi connectivity index (χ1n) is 9.63. The second-order valence-corrected chi connectivity index (χ2v) is 9.00. The van der Waals surface area contributed by atoms with Crippen molar-refractivity contribution in [3.05, 3.63) is 36.9 Å². The molecule has 1 unspecified atom stereocenters. The van der Waals surface area contributed by atoms with Crippen molar-refractivity contribution in [2.24, 2.45) is 0 Å². The molecule has 4 atom stereocenters. The molecule has 2 aromatic heterocycles. The van der Waals surface area contributed by atoms with Crippen molar-refractivity contribution in [2.45, 2.75) is 50.0 Å². The molecule has 2 bridgehead atoms. The van der Waals surface area contributed by atoms with Gasteiger partial charge in [-0.15, -0.1) is 5.10 Å². The summed E-state index contributed by atoms with van der Waals surface area (Å²) in [6.07, 6.45) is 6.02. The van der Waals surface area contributed by atoms with Crippen LogP contribution in [0.3, 0.4) is 0 Å². The summed E-state index contributed by atoms with van der Waals surface area (Å²) in [5.41, 5.74) is 1.32. The van der Waals surface area contributed by atoms with E-state index in [0.29, 0.717) is 22.2 Å². The van der Waals surface area contributed by atoms with E-state index in [9.17, 15) is 9.50 Å². The summed E-state index contributed by atoms with van der Waals surface area (Å²) in [5, 5.41) is 19.6. The molecule has 29 heavy (non-hydrogen) atoms. The maximum absolute atomic E-state index is 15.0. The smallest absolute Gasteiger partial charge is 0.294 e. The van der Waals surface area contributed by atoms with Crippen LogP contribution in [0.2, 0.25) is 0 Å². The number of ether oxygens (including phenoxy) is 1. The molecule has 7 nitrogen and oxygen atoms in total. The van der Waals surface area contributed by atoms with Gasteiger partial charge in [-0.3, -0.25) is 4.90 Å². The molecule has 2 aliphatic rings. The fraction of sp³-hybridized carbons (Fsp3) is 0.450. The second kappa shape index (κ2) is 6.77. The molecule has 3 aromatic rings. The monoisotopic (exact) mass is 415 g/mol. The second-order valence-electron chi connectivity index (χ2n) is 8.06. The first-order chi connectivity index (χ1) is 13.9. The van der Waals surface area contributed by atoms with Gasteiger partial charge in [0.1, 0.15) is 11.9 Å². The van der Waals surface area contributed by atoms with Crippen LogP contribution in [0.1, 0.15) is 26.2 Å². The zero-order chi connectivity index (χ0) is 20.2. The number of aromatic hydroxyl groups is 1. The number of phenols is 1. The van der Waals surface area contributed by atoms with E-state index in [1.807, 2.05) is 13.1 Å². The molecular weight excluding hydrogens is 393 g/mol. The molecule has 0 spiro atoms. The van der Waals surface area contributed by atoms with Gasteiger partial charge in [-0.1, -0.05) is 16.4 Å². The zero-order valence-electron chi connectivity index (χ0n) is 16.2. The minimum atomic E-state index is -1.05. The number of imidazole rings is 1. The van der Waals surface area contributed by atoms with E-state index in [-0.39, 0.29) is 17.3 Å². The maximum atomic E-state index is 15.0. The van der Waals surface area contributed by atoms with E-state index < -0.39 is 12.3 Å². The normalized spacial score (nSPS) is 29.3. The highest BCUT2D eigenvalue weighted by atomic mass is 32.1. The van der Waals surface area contributed by atoms with Gasteiger partial charge in [0.25, 0.3) is 5.19 Å². The van der Waals surface area contributed by atoms with Gasteiger partial charge < -0.3 is 14.4 Å². The van der Waals surface area contributed by atoms with E-state index in [0.717, 1.165) is 18.5 Å². The predicted molar refractivity (Wildman–Crippen MR) is 107 cm³/mol. The molecule has 2 aliphatic heterocycles. The molecule has 152 valence electrons. The van der Waals surface area contributed by atoms with Crippen LogP contribution in [0.4, 0.5) is 4.39 Å². The van der Waals surface area contributed by atoms with E-state index >= 15 is 0 Å². The van der Waals surface area contributed by atoms with E-state index in [1.165, 1.54) is 11.3 Å². The SMILES string of the molecule is CN1C2CC[C@@]1(C)C[C@H](Oc1nnc(-c3ccc(-n4ccnc4)cc3O)s1)[C@H]2F. The fourth-order valence-electron chi connectivity index (χ4n) is 4.52. The Kier molecular flexibility index (Phi) is 4.32. The number of rotatable bonds is 4. The highest BCUT2D eigenvalue weighted by molar-refractivity contribution is 7.16. The van der Waals surface area contributed by atoms with Crippen molar-refractivity contribution < 1.29 is 14.2 Å². The van der Waals surface area contributed by atoms with Gasteiger partial charge in [0.15, 0.2) is 11.2 Å². The third kappa shape index (κ3) is 3.08. The van der Waals surface area contributed by atoms with Crippen LogP contribution < -0.4 is 4.74 Å². The van der Waals surface area contributed by atoms with Gasteiger partial charge in [0, 0.05) is 36.5 Å². The van der Waals surface area contributed by atoms with Crippen molar-refractivity contribution in [3.63, 3.8) is 0 Å². The Balaban J connectivity index is 1.35. The molecule has 0 saturated carbocycles. The van der Waals surface area contributed by atoms with Crippen LogP contribution in [-0.2, 0) is 0 Å². The van der Waals surface area contributed by atoms with E-state index in [2.05, 4.69) is 27.0 Å². The van der Waals surface area contributed by atoms with Crippen molar-refractivity contribution in [3.8, 4) is 27.2 Å². The van der Waals surface area contributed by atoms with E-state index in [4.69, 9.17) is 4.74 Å². The lowest BCUT2D eigenvalue weighted by Crippen LogP contribution is -2.57. The minimum Gasteiger partial charge on any atom is -0.507 e. The van der Waals surface area contributed by atoms with Gasteiger partial charge in [-0.2, -0.15) is 0 Å². The summed E-state index contributed by atoms with van der Waals surface area (Å²) in [4.78, 5) is 6.16. The van der Waals surface area contributed by atoms with Crippen LogP contribution in [0.15, 0.2) is 36.9 Å². The van der Waals surface area contributed by atoms with Crippen molar-refractivity contribution in [2.75, 3.05) is 7.05 Å². The largest absolute Gasteiger partial charge is 0.507 e. The lowest BCUT2D eigenvalue weighted by atomic mass is 9.88. The minimum absolute atomic E-state index is 0.0349. The summed E-state index contributed by atoms with van der Waals surface area (Å²) in [6, 6.07) is 5.19. The maximum Gasteiger partial charge on any atom is 0.294 e. The number of fused-ring (bicyclic) bond motifs is 2. The molecule has 5 rings (SSSR count). The zero-order valence-corrected chi connectivity index (χ0v) is 17.0. The average Bonchev–Trinajstić information content (AvgIpc) is 3.42. The molecule has 4 heterocycles. The highest BCUT2D eigenvalue weighted by Gasteiger charge is 2.53. The molecule has 2 saturated heterocycles. The Labute approximate surface area is 171 Å². The van der Waals surface area contributed by atoms with Crippen molar-refractivity contribution >= 4 is 11.3 Å². The van der Waals surface area contributed by atoms with Crippen molar-refractivity contribution in [1.82, 2.24) is 24.6 Å². The van der Waals surface area contributed by atoms with E-state index in [1.54, 1.807) is 35.4 Å². The third-order valence-electron chi connectivity index (χ3n) is 6.36. The Hall–Kier alpha value is -2.52. The number of hydrogen-bond donors (Lipinski definition) is 1. The van der Waals surface area contributed by atoms with Gasteiger partial charge in [-0.05, 0) is 38.9 Å². The Bertz CT molecular complexity index is 1030. The first-order valence-corrected chi connectivity index (χ1v) is 10.5. The first kappa shape index (κ1) is 18.5. The lowest BCUT2D eigenvalue weighted by molar-refractivity contribution is -0.0441. The topological polar surface area (TPSA) is 76.3 Å². The predicted octanol–water partition coefficient (Wildman–Crippen LogP) is 3.44. The highest BCUT2D eigenvalue weighted by Crippen LogP contribution is 2.45. The lowest BCUT2D eigenvalue weighted by Gasteiger charge is -2.44. The summed E-state index contributed by atoms with van der Waals surface area (Å²) in [6.45, 7) is 2.17. The van der Waals surface area contributed by atoms with Crippen LogP contribution >= 0.6 is 11.3 Å². The van der Waals surface area contributed by atoms with Gasteiger partial charge in [0.2, 0.25) is 0 Å². The molecule has 1 aromatic carbocycles. The summed E-state index contributed by atoms with van der Waals surface area (Å²) in [7, 11) is 2.00.